The van der Waals surface area contributed by atoms with Crippen LogP contribution in [-0.2, 0) is 14.2 Å². The van der Waals surface area contributed by atoms with Crippen molar-refractivity contribution in [3.05, 3.63) is 47.2 Å². The number of ether oxygens (including phenoxy) is 3. The Morgan fingerprint density at radius 1 is 1.04 bits per heavy atom. The number of benzene rings is 1. The second kappa shape index (κ2) is 7.73. The maximum absolute atomic E-state index is 12.1. The lowest BCUT2D eigenvalue weighted by Gasteiger charge is -2.17. The molecule has 1 rings (SSSR count). The van der Waals surface area contributed by atoms with Crippen molar-refractivity contribution in [2.24, 2.45) is 0 Å². The lowest BCUT2D eigenvalue weighted by molar-refractivity contribution is 0.0548. The van der Waals surface area contributed by atoms with E-state index in [1.807, 2.05) is 18.8 Å². The molecule has 0 aromatic heterocycles. The fraction of sp³-hybridized carbons (Fsp3) is 0.312. The lowest BCUT2D eigenvalue weighted by Crippen LogP contribution is -2.31. The minimum atomic E-state index is -1.79. The van der Waals surface area contributed by atoms with Crippen molar-refractivity contribution in [3.8, 4) is 0 Å². The number of carbonyl (C=O) groups is 3. The van der Waals surface area contributed by atoms with Gasteiger partial charge in [-0.15, -0.1) is 6.58 Å². The van der Waals surface area contributed by atoms with Crippen LogP contribution in [0.5, 0.6) is 0 Å². The van der Waals surface area contributed by atoms with E-state index in [4.69, 9.17) is 4.74 Å². The van der Waals surface area contributed by atoms with Crippen LogP contribution in [0.4, 0.5) is 0 Å². The van der Waals surface area contributed by atoms with Crippen molar-refractivity contribution in [2.75, 3.05) is 20.4 Å². The van der Waals surface area contributed by atoms with Gasteiger partial charge in [-0.25, -0.2) is 14.4 Å². The molecule has 0 aliphatic heterocycles. The molecule has 23 heavy (non-hydrogen) atoms. The van der Waals surface area contributed by atoms with E-state index in [0.717, 1.165) is 0 Å². The highest BCUT2D eigenvalue weighted by atomic mass is 28.3. The van der Waals surface area contributed by atoms with Crippen LogP contribution in [0.25, 0.3) is 0 Å². The van der Waals surface area contributed by atoms with Crippen molar-refractivity contribution in [3.63, 3.8) is 0 Å². The Kier molecular flexibility index (Phi) is 6.26. The van der Waals surface area contributed by atoms with Gasteiger partial charge in [0.1, 0.15) is 8.07 Å². The van der Waals surface area contributed by atoms with Crippen molar-refractivity contribution in [1.29, 1.82) is 0 Å². The van der Waals surface area contributed by atoms with E-state index < -0.39 is 26.0 Å². The summed E-state index contributed by atoms with van der Waals surface area (Å²) in [6.45, 7) is 7.74. The van der Waals surface area contributed by atoms with Gasteiger partial charge >= 0.3 is 17.9 Å². The highest BCUT2D eigenvalue weighted by Crippen LogP contribution is 2.16. The SMILES string of the molecule is C=C[Si](C)(C)COC(=O)c1ccc(C(=O)OC)c(C(=O)OC)c1. The van der Waals surface area contributed by atoms with Gasteiger partial charge in [0.05, 0.1) is 37.1 Å². The molecule has 0 amide bonds. The van der Waals surface area contributed by atoms with Crippen LogP contribution in [-0.4, -0.2) is 46.4 Å². The monoisotopic (exact) mass is 336 g/mol. The van der Waals surface area contributed by atoms with Crippen molar-refractivity contribution >= 4 is 26.0 Å². The van der Waals surface area contributed by atoms with Crippen molar-refractivity contribution in [1.82, 2.24) is 0 Å². The predicted molar refractivity (Wildman–Crippen MR) is 87.1 cm³/mol. The largest absolute Gasteiger partial charge is 0.465 e. The zero-order valence-electron chi connectivity index (χ0n) is 13.7. The molecule has 0 bridgehead atoms. The van der Waals surface area contributed by atoms with Crippen LogP contribution >= 0.6 is 0 Å². The zero-order valence-corrected chi connectivity index (χ0v) is 14.7. The summed E-state index contributed by atoms with van der Waals surface area (Å²) in [4.78, 5) is 35.6. The number of rotatable bonds is 6. The Bertz CT molecular complexity index is 635. The third-order valence-electron chi connectivity index (χ3n) is 3.19. The van der Waals surface area contributed by atoms with E-state index in [0.29, 0.717) is 0 Å². The normalized spacial score (nSPS) is 10.6. The molecule has 0 aliphatic rings. The first-order valence-electron chi connectivity index (χ1n) is 6.87. The molecule has 0 unspecified atom stereocenters. The molecule has 0 saturated carbocycles. The molecule has 0 saturated heterocycles. The number of hydrogen-bond donors (Lipinski definition) is 0. The van der Waals surface area contributed by atoms with E-state index in [-0.39, 0.29) is 22.9 Å². The van der Waals surface area contributed by atoms with Crippen LogP contribution in [0.1, 0.15) is 31.1 Å². The van der Waals surface area contributed by atoms with Gasteiger partial charge in [-0.2, -0.15) is 0 Å². The summed E-state index contributed by atoms with van der Waals surface area (Å²) < 4.78 is 14.5. The quantitative estimate of drug-likeness (QED) is 0.451. The molecule has 0 radical (unpaired) electrons. The number of esters is 3. The average Bonchev–Trinajstić information content (AvgIpc) is 2.57. The van der Waals surface area contributed by atoms with Crippen LogP contribution in [0.15, 0.2) is 30.5 Å². The Hall–Kier alpha value is -2.41. The molecule has 6 nitrogen and oxygen atoms in total. The number of methoxy groups -OCH3 is 2. The Labute approximate surface area is 136 Å². The van der Waals surface area contributed by atoms with E-state index >= 15 is 0 Å². The van der Waals surface area contributed by atoms with Gasteiger partial charge in [-0.05, 0) is 18.2 Å². The van der Waals surface area contributed by atoms with Crippen molar-refractivity contribution < 1.29 is 28.6 Å². The molecule has 0 N–H and O–H groups in total. The topological polar surface area (TPSA) is 78.9 Å². The molecule has 124 valence electrons. The van der Waals surface area contributed by atoms with Crippen LogP contribution in [0.3, 0.4) is 0 Å². The van der Waals surface area contributed by atoms with Gasteiger partial charge in [0, 0.05) is 0 Å². The summed E-state index contributed by atoms with van der Waals surface area (Å²) in [5.41, 5.74) is 1.96. The highest BCUT2D eigenvalue weighted by molar-refractivity contribution is 6.82. The van der Waals surface area contributed by atoms with E-state index in [2.05, 4.69) is 16.1 Å². The summed E-state index contributed by atoms with van der Waals surface area (Å²) in [5, 5.41) is 0. The van der Waals surface area contributed by atoms with Gasteiger partial charge < -0.3 is 14.2 Å². The van der Waals surface area contributed by atoms with Crippen LogP contribution < -0.4 is 0 Å². The first-order valence-corrected chi connectivity index (χ1v) is 10.2. The lowest BCUT2D eigenvalue weighted by atomic mass is 10.0. The first-order chi connectivity index (χ1) is 10.8. The summed E-state index contributed by atoms with van der Waals surface area (Å²) in [5.74, 6) is -2.00. The Balaban J connectivity index is 3.09. The van der Waals surface area contributed by atoms with E-state index in [1.165, 1.54) is 32.4 Å². The predicted octanol–water partition coefficient (Wildman–Crippen LogP) is 2.39. The molecule has 0 fully saturated rings. The van der Waals surface area contributed by atoms with Crippen LogP contribution in [0, 0.1) is 0 Å². The number of carbonyl (C=O) groups excluding carboxylic acids is 3. The smallest absolute Gasteiger partial charge is 0.338 e. The molecule has 0 spiro atoms. The Morgan fingerprint density at radius 3 is 2.13 bits per heavy atom. The van der Waals surface area contributed by atoms with E-state index in [9.17, 15) is 14.4 Å². The zero-order chi connectivity index (χ0) is 17.6. The first kappa shape index (κ1) is 18.6. The minimum absolute atomic E-state index is 0.0247. The fourth-order valence-electron chi connectivity index (χ4n) is 1.63. The minimum Gasteiger partial charge on any atom is -0.465 e. The summed E-state index contributed by atoms with van der Waals surface area (Å²) in [6.07, 6.45) is 0.279. The van der Waals surface area contributed by atoms with Crippen LogP contribution in [0.2, 0.25) is 13.1 Å². The van der Waals surface area contributed by atoms with Gasteiger partial charge in [0.2, 0.25) is 0 Å². The molecule has 0 heterocycles. The molecule has 1 aromatic rings. The van der Waals surface area contributed by atoms with Gasteiger partial charge in [-0.3, -0.25) is 0 Å². The summed E-state index contributed by atoms with van der Waals surface area (Å²) >= 11 is 0. The molecule has 7 heteroatoms. The molecular weight excluding hydrogens is 316 g/mol. The second-order valence-electron chi connectivity index (χ2n) is 5.51. The van der Waals surface area contributed by atoms with Gasteiger partial charge in [0.25, 0.3) is 0 Å². The second-order valence-corrected chi connectivity index (χ2v) is 10.2. The molecule has 0 aliphatic carbocycles. The third-order valence-corrected chi connectivity index (χ3v) is 5.19. The molecule has 1 aromatic carbocycles. The van der Waals surface area contributed by atoms with Gasteiger partial charge in [-0.1, -0.05) is 18.8 Å². The maximum atomic E-state index is 12.1. The molecular formula is C16H20O6Si. The third kappa shape index (κ3) is 4.78. The Morgan fingerprint density at radius 2 is 1.61 bits per heavy atom. The molecule has 0 atom stereocenters. The van der Waals surface area contributed by atoms with Gasteiger partial charge in [0.15, 0.2) is 0 Å². The van der Waals surface area contributed by atoms with E-state index in [1.54, 1.807) is 0 Å². The fourth-order valence-corrected chi connectivity index (χ4v) is 2.25. The maximum Gasteiger partial charge on any atom is 0.338 e. The summed E-state index contributed by atoms with van der Waals surface area (Å²) in [6, 6.07) is 4.01. The average molecular weight is 336 g/mol. The summed E-state index contributed by atoms with van der Waals surface area (Å²) in [7, 11) is 0.594. The highest BCUT2D eigenvalue weighted by Gasteiger charge is 2.23. The van der Waals surface area contributed by atoms with Crippen molar-refractivity contribution in [2.45, 2.75) is 13.1 Å². The number of hydrogen-bond acceptors (Lipinski definition) is 6. The standard InChI is InChI=1S/C16H20O6Si/c1-6-23(4,5)10-22-14(17)11-7-8-12(15(18)20-2)13(9-11)16(19)21-3/h6-9H,1,10H2,2-5H3.